The summed E-state index contributed by atoms with van der Waals surface area (Å²) in [5.41, 5.74) is 15.8. The van der Waals surface area contributed by atoms with Crippen molar-refractivity contribution < 1.29 is 20.0 Å². The van der Waals surface area contributed by atoms with E-state index in [2.05, 4.69) is 187 Å². The minimum absolute atomic E-state index is 0.0551. The molecule has 7 rings (SSSR count). The van der Waals surface area contributed by atoms with Crippen LogP contribution in [0.1, 0.15) is 56.3 Å². The van der Waals surface area contributed by atoms with Gasteiger partial charge in [-0.1, -0.05) is 0 Å². The first-order chi connectivity index (χ1) is 24.9. The molecule has 1 heterocycles. The van der Waals surface area contributed by atoms with Crippen molar-refractivity contribution in [3.8, 4) is 22.3 Å². The summed E-state index contributed by atoms with van der Waals surface area (Å²) >= 11 is -3.20. The molecular weight excluding hydrogens is 879 g/mol. The van der Waals surface area contributed by atoms with E-state index in [-0.39, 0.29) is 5.41 Å². The Morgan fingerprint density at radius 3 is 1.15 bits per heavy atom. The molecule has 0 bridgehead atoms. The van der Waals surface area contributed by atoms with Gasteiger partial charge in [-0.05, 0) is 0 Å². The molecule has 0 radical (unpaired) electrons. The van der Waals surface area contributed by atoms with Crippen LogP contribution in [0, 0.1) is 5.41 Å². The molecule has 0 saturated carbocycles. The molecule has 2 atom stereocenters. The predicted molar refractivity (Wildman–Crippen MR) is 252 cm³/mol. The normalized spacial score (nSPS) is 21.9. The Morgan fingerprint density at radius 2 is 0.852 bits per heavy atom. The van der Waals surface area contributed by atoms with Crippen molar-refractivity contribution in [1.82, 2.24) is 0 Å². The molecule has 284 valence electrons. The molecule has 0 N–H and O–H groups in total. The summed E-state index contributed by atoms with van der Waals surface area (Å²) < 4.78 is 6.85. The fraction of sp³-hybridized carbons (Fsp3) is 0.429. The first kappa shape index (κ1) is 40.3. The van der Waals surface area contributed by atoms with Crippen LogP contribution in [0.25, 0.3) is 34.4 Å². The van der Waals surface area contributed by atoms with Gasteiger partial charge in [0.1, 0.15) is 0 Å². The van der Waals surface area contributed by atoms with E-state index in [1.54, 1.807) is 54.1 Å². The first-order valence-corrected chi connectivity index (χ1v) is 46.2. The van der Waals surface area contributed by atoms with Crippen molar-refractivity contribution in [3.63, 3.8) is 0 Å². The molecular formula is C49H68HfSi4. The number of hydrogen-bond acceptors (Lipinski definition) is 0. The van der Waals surface area contributed by atoms with E-state index < -0.39 is 52.3 Å². The average Bonchev–Trinajstić information content (AvgIpc) is 3.68. The summed E-state index contributed by atoms with van der Waals surface area (Å²) in [7, 11) is -6.04. The zero-order valence-corrected chi connectivity index (χ0v) is 44.2. The van der Waals surface area contributed by atoms with Gasteiger partial charge >= 0.3 is 341 Å². The van der Waals surface area contributed by atoms with Gasteiger partial charge in [-0.25, -0.2) is 0 Å². The Balaban J connectivity index is 1.44. The van der Waals surface area contributed by atoms with E-state index in [9.17, 15) is 0 Å². The summed E-state index contributed by atoms with van der Waals surface area (Å²) in [6.45, 7) is 35.3. The van der Waals surface area contributed by atoms with Crippen LogP contribution < -0.4 is 20.7 Å². The van der Waals surface area contributed by atoms with Gasteiger partial charge in [0.25, 0.3) is 0 Å². The van der Waals surface area contributed by atoms with E-state index in [1.165, 1.54) is 35.1 Å². The molecule has 4 aromatic rings. The standard InChI is InChI=1S/C47H62Si4.2CH3.Hf/c1-15-22-47(2,37-23-33-18-16-20-43(45(33)29-37)35-25-39(48(3,4)5)31-40(26-35)49(6,7)8)38-24-34-19-17-21-44(46(34)30-38)36-27-41(50(9,10)11)32-42(28-36)51(12,13)14;;;/h16-21,23-32H,15,22H2,1-14H3;2*1H3;. The molecule has 1 saturated heterocycles. The number of allylic oxidation sites excluding steroid dienone is 2. The van der Waals surface area contributed by atoms with Crippen LogP contribution in [0.4, 0.5) is 0 Å². The quantitative estimate of drug-likeness (QED) is 0.154. The molecule has 2 aliphatic carbocycles. The molecule has 0 spiro atoms. The summed E-state index contributed by atoms with van der Waals surface area (Å²) in [6.07, 6.45) is 7.91. The Morgan fingerprint density at radius 1 is 0.519 bits per heavy atom. The number of fused-ring (bicyclic) bond motifs is 6. The topological polar surface area (TPSA) is 0 Å². The van der Waals surface area contributed by atoms with Crippen LogP contribution >= 0.6 is 0 Å². The molecule has 0 aromatic heterocycles. The van der Waals surface area contributed by atoms with Gasteiger partial charge in [0.05, 0.1) is 0 Å². The van der Waals surface area contributed by atoms with E-state index in [0.717, 1.165) is 0 Å². The third kappa shape index (κ3) is 6.72. The fourth-order valence-electron chi connectivity index (χ4n) is 10.3. The average molecular weight is 948 g/mol. The minimum atomic E-state index is -3.20. The van der Waals surface area contributed by atoms with Crippen LogP contribution in [-0.4, -0.2) is 32.3 Å². The van der Waals surface area contributed by atoms with E-state index >= 15 is 0 Å². The van der Waals surface area contributed by atoms with Crippen molar-refractivity contribution >= 4 is 65.2 Å². The Labute approximate surface area is 338 Å². The Kier molecular flexibility index (Phi) is 9.95. The number of hydrogen-bond donors (Lipinski definition) is 0. The molecule has 0 amide bonds. The summed E-state index contributed by atoms with van der Waals surface area (Å²) in [4.78, 5) is 0. The van der Waals surface area contributed by atoms with Crippen molar-refractivity contribution in [3.05, 3.63) is 106 Å². The molecule has 3 aliphatic rings. The van der Waals surface area contributed by atoms with Gasteiger partial charge in [-0.3, -0.25) is 0 Å². The summed E-state index contributed by atoms with van der Waals surface area (Å²) in [5, 5.41) is 6.42. The van der Waals surface area contributed by atoms with Crippen LogP contribution in [-0.2, 0) is 20.0 Å². The first-order valence-electron chi connectivity index (χ1n) is 20.9. The van der Waals surface area contributed by atoms with Crippen molar-refractivity contribution in [2.24, 2.45) is 5.41 Å². The van der Waals surface area contributed by atoms with Crippen molar-refractivity contribution in [2.45, 2.75) is 122 Å². The summed E-state index contributed by atoms with van der Waals surface area (Å²) in [5.74, 6) is 0. The molecule has 2 unspecified atom stereocenters. The monoisotopic (exact) mass is 948 g/mol. The van der Waals surface area contributed by atoms with Gasteiger partial charge in [0.2, 0.25) is 0 Å². The van der Waals surface area contributed by atoms with E-state index in [1.807, 2.05) is 0 Å². The Bertz CT molecular complexity index is 2010. The maximum atomic E-state index is 2.82. The molecule has 0 nitrogen and oxygen atoms in total. The second-order valence-corrected chi connectivity index (χ2v) is 59.7. The molecule has 4 aromatic carbocycles. The third-order valence-corrected chi connectivity index (χ3v) is 36.8. The fourth-order valence-corrected chi connectivity index (χ4v) is 32.7. The summed E-state index contributed by atoms with van der Waals surface area (Å²) in [6, 6.07) is 30.4. The van der Waals surface area contributed by atoms with Crippen LogP contribution in [0.3, 0.4) is 0 Å². The van der Waals surface area contributed by atoms with Gasteiger partial charge < -0.3 is 0 Å². The van der Waals surface area contributed by atoms with Gasteiger partial charge in [-0.2, -0.15) is 0 Å². The molecule has 1 aliphatic heterocycles. The zero-order chi connectivity index (χ0) is 39.6. The van der Waals surface area contributed by atoms with Gasteiger partial charge in [0, 0.05) is 0 Å². The van der Waals surface area contributed by atoms with Crippen molar-refractivity contribution in [1.29, 1.82) is 0 Å². The molecule has 54 heavy (non-hydrogen) atoms. The third-order valence-electron chi connectivity index (χ3n) is 13.6. The van der Waals surface area contributed by atoms with Crippen molar-refractivity contribution in [2.75, 3.05) is 0 Å². The van der Waals surface area contributed by atoms with Gasteiger partial charge in [0.15, 0.2) is 0 Å². The number of benzene rings is 4. The SMILES string of the molecule is CCCC1(C)C2=Cc3c(-c4cc([Si](C)(C)C)cc([Si](C)(C)C)c4)cccc3[CH]2[Hf]([CH3])([CH3])[CH]2C1=Cc1c(-c3cc([Si](C)(C)C)cc([Si](C)(C)C)c3)cccc12. The maximum absolute atomic E-state index is 3.20. The second-order valence-electron chi connectivity index (χ2n) is 22.2. The second kappa shape index (κ2) is 13.3. The number of rotatable bonds is 8. The molecule has 1 fully saturated rings. The van der Waals surface area contributed by atoms with Crippen LogP contribution in [0.2, 0.25) is 87.9 Å². The van der Waals surface area contributed by atoms with E-state index in [0.29, 0.717) is 7.35 Å². The van der Waals surface area contributed by atoms with Gasteiger partial charge in [-0.15, -0.1) is 0 Å². The zero-order valence-electron chi connectivity index (χ0n) is 36.7. The molecule has 5 heteroatoms. The predicted octanol–water partition coefficient (Wildman–Crippen LogP) is 12.8. The Hall–Kier alpha value is -1.90. The van der Waals surface area contributed by atoms with Crippen LogP contribution in [0.5, 0.6) is 0 Å². The van der Waals surface area contributed by atoms with Crippen LogP contribution in [0.15, 0.2) is 83.9 Å². The van der Waals surface area contributed by atoms with E-state index in [4.69, 9.17) is 0 Å².